The third-order valence-corrected chi connectivity index (χ3v) is 10.2. The van der Waals surface area contributed by atoms with Gasteiger partial charge in [0.15, 0.2) is 17.4 Å². The molecule has 0 unspecified atom stereocenters. The van der Waals surface area contributed by atoms with E-state index in [9.17, 15) is 17.2 Å². The van der Waals surface area contributed by atoms with Crippen LogP contribution in [0, 0.1) is 23.3 Å². The lowest BCUT2D eigenvalue weighted by molar-refractivity contribution is -0.0780. The van der Waals surface area contributed by atoms with Crippen molar-refractivity contribution in [1.29, 1.82) is 0 Å². The van der Waals surface area contributed by atoms with Gasteiger partial charge in [-0.1, -0.05) is 48.5 Å². The number of hydrogen-bond donors (Lipinski definition) is 0. The van der Waals surface area contributed by atoms with E-state index >= 15 is 8.78 Å². The summed E-state index contributed by atoms with van der Waals surface area (Å²) in [4.78, 5) is 12.7. The van der Waals surface area contributed by atoms with Crippen molar-refractivity contribution >= 4 is 21.9 Å². The molecule has 0 atom stereocenters. The quantitative estimate of drug-likeness (QED) is 0.0609. The number of sulfone groups is 1. The summed E-state index contributed by atoms with van der Waals surface area (Å²) in [7, 11) is -4.53. The van der Waals surface area contributed by atoms with Gasteiger partial charge in [-0.3, -0.25) is 9.97 Å². The molecular formula is C37H26F4N2O4S2. The molecule has 0 amide bonds. The van der Waals surface area contributed by atoms with Crippen LogP contribution in [0.5, 0.6) is 5.75 Å². The van der Waals surface area contributed by atoms with Gasteiger partial charge in [-0.2, -0.15) is 0 Å². The van der Waals surface area contributed by atoms with E-state index in [2.05, 4.69) is 9.97 Å². The van der Waals surface area contributed by atoms with Gasteiger partial charge >= 0.3 is 0 Å². The van der Waals surface area contributed by atoms with Crippen LogP contribution in [0.15, 0.2) is 136 Å². The zero-order valence-corrected chi connectivity index (χ0v) is 27.5. The SMILES string of the molecule is CC(C)(c1cccc(-c2ccc(F)c(SOOc3ccccc3)c2F)n1)c1cccc(-c2ccc(F)c(S(=O)(=O)c3ccccc3)c2F)n1. The lowest BCUT2D eigenvalue weighted by Crippen LogP contribution is -2.22. The van der Waals surface area contributed by atoms with Gasteiger partial charge in [0, 0.05) is 16.5 Å². The maximum atomic E-state index is 15.9. The van der Waals surface area contributed by atoms with E-state index in [0.717, 1.165) is 18.2 Å². The van der Waals surface area contributed by atoms with E-state index in [1.165, 1.54) is 36.4 Å². The van der Waals surface area contributed by atoms with Gasteiger partial charge in [0.1, 0.15) is 21.4 Å². The Morgan fingerprint density at radius 1 is 0.612 bits per heavy atom. The highest BCUT2D eigenvalue weighted by Crippen LogP contribution is 2.37. The molecule has 0 bridgehead atoms. The molecule has 0 radical (unpaired) electrons. The lowest BCUT2D eigenvalue weighted by atomic mass is 9.84. The minimum atomic E-state index is -4.53. The van der Waals surface area contributed by atoms with Gasteiger partial charge in [-0.05, 0) is 86.6 Å². The third kappa shape index (κ3) is 6.80. The fourth-order valence-corrected chi connectivity index (χ4v) is 7.00. The van der Waals surface area contributed by atoms with Crippen LogP contribution in [0.25, 0.3) is 22.5 Å². The predicted octanol–water partition coefficient (Wildman–Crippen LogP) is 9.54. The maximum Gasteiger partial charge on any atom is 0.212 e. The second kappa shape index (κ2) is 13.8. The van der Waals surface area contributed by atoms with Crippen LogP contribution in [0.2, 0.25) is 0 Å². The van der Waals surface area contributed by atoms with Crippen molar-refractivity contribution in [2.45, 2.75) is 33.9 Å². The average Bonchev–Trinajstić information content (AvgIpc) is 3.10. The van der Waals surface area contributed by atoms with Gasteiger partial charge in [0.2, 0.25) is 9.84 Å². The minimum Gasteiger partial charge on any atom is -0.325 e. The van der Waals surface area contributed by atoms with Crippen molar-refractivity contribution < 1.29 is 35.2 Å². The molecule has 49 heavy (non-hydrogen) atoms. The van der Waals surface area contributed by atoms with Gasteiger partial charge in [-0.25, -0.2) is 26.0 Å². The first-order valence-electron chi connectivity index (χ1n) is 14.8. The summed E-state index contributed by atoms with van der Waals surface area (Å²) >= 11 is 0.385. The minimum absolute atomic E-state index is 0.00658. The first-order valence-corrected chi connectivity index (χ1v) is 17.0. The molecule has 248 valence electrons. The first-order chi connectivity index (χ1) is 23.5. The molecule has 6 nitrogen and oxygen atoms in total. The topological polar surface area (TPSA) is 78.4 Å². The summed E-state index contributed by atoms with van der Waals surface area (Å²) in [6.07, 6.45) is 0. The largest absolute Gasteiger partial charge is 0.325 e. The van der Waals surface area contributed by atoms with E-state index in [1.807, 2.05) is 0 Å². The first kappa shape index (κ1) is 33.8. The van der Waals surface area contributed by atoms with Crippen molar-refractivity contribution in [3.05, 3.63) is 156 Å². The smallest absolute Gasteiger partial charge is 0.212 e. The van der Waals surface area contributed by atoms with Gasteiger partial charge in [0.25, 0.3) is 0 Å². The summed E-state index contributed by atoms with van der Waals surface area (Å²) in [5.41, 5.74) is -0.0454. The molecule has 0 N–H and O–H groups in total. The Bertz CT molecular complexity index is 2260. The number of aromatic nitrogens is 2. The summed E-state index contributed by atoms with van der Waals surface area (Å²) in [6, 6.07) is 29.6. The maximum absolute atomic E-state index is 15.9. The Hall–Kier alpha value is -5.04. The van der Waals surface area contributed by atoms with E-state index in [-0.39, 0.29) is 27.4 Å². The number of hydrogen-bond acceptors (Lipinski definition) is 7. The number of rotatable bonds is 10. The molecule has 2 heterocycles. The number of benzene rings is 4. The molecule has 0 saturated carbocycles. The average molecular weight is 703 g/mol. The van der Waals surface area contributed by atoms with Crippen molar-refractivity contribution in [3.63, 3.8) is 0 Å². The monoisotopic (exact) mass is 702 g/mol. The standard InChI is InChI=1S/C37H26F4N2O4S2/c1-37(2,31-17-9-15-29(42-31)25-19-21-27(38)35(33(25)40)48-47-46-23-11-5-3-6-12-23)32-18-10-16-30(43-32)26-20-22-28(39)36(34(26)41)49(44,45)24-13-7-4-8-14-24/h3-22H,1-2H3. The van der Waals surface area contributed by atoms with Crippen molar-refractivity contribution in [3.8, 4) is 28.3 Å². The Balaban J connectivity index is 1.32. The van der Waals surface area contributed by atoms with Crippen molar-refractivity contribution in [1.82, 2.24) is 9.97 Å². The molecule has 12 heteroatoms. The molecular weight excluding hydrogens is 677 g/mol. The predicted molar refractivity (Wildman–Crippen MR) is 177 cm³/mol. The molecule has 0 saturated heterocycles. The van der Waals surface area contributed by atoms with Crippen LogP contribution in [0.1, 0.15) is 25.2 Å². The highest BCUT2D eigenvalue weighted by atomic mass is 32.2. The molecule has 2 aromatic heterocycles. The Labute approximate surface area is 284 Å². The number of nitrogens with zero attached hydrogens (tertiary/aromatic N) is 2. The number of para-hydroxylation sites is 1. The molecule has 4 aromatic carbocycles. The fraction of sp³-hybridized carbons (Fsp3) is 0.0811. The lowest BCUT2D eigenvalue weighted by Gasteiger charge is -2.25. The van der Waals surface area contributed by atoms with E-state index in [1.54, 1.807) is 80.6 Å². The van der Waals surface area contributed by atoms with Crippen molar-refractivity contribution in [2.24, 2.45) is 0 Å². The van der Waals surface area contributed by atoms with Crippen LogP contribution < -0.4 is 4.89 Å². The summed E-state index contributed by atoms with van der Waals surface area (Å²) < 4.78 is 92.6. The van der Waals surface area contributed by atoms with Crippen LogP contribution in [-0.2, 0) is 19.6 Å². The second-order valence-electron chi connectivity index (χ2n) is 11.3. The van der Waals surface area contributed by atoms with Crippen molar-refractivity contribution in [2.75, 3.05) is 0 Å². The van der Waals surface area contributed by atoms with Crippen LogP contribution in [0.3, 0.4) is 0 Å². The molecule has 6 rings (SSSR count). The molecule has 0 fully saturated rings. The van der Waals surface area contributed by atoms with Crippen LogP contribution in [-0.4, -0.2) is 18.4 Å². The van der Waals surface area contributed by atoms with Crippen LogP contribution >= 0.6 is 12.0 Å². The summed E-state index contributed by atoms with van der Waals surface area (Å²) in [5, 5.41) is 0. The zero-order valence-electron chi connectivity index (χ0n) is 25.9. The Morgan fingerprint density at radius 3 is 1.73 bits per heavy atom. The Morgan fingerprint density at radius 2 is 1.14 bits per heavy atom. The van der Waals surface area contributed by atoms with Gasteiger partial charge in [-0.15, -0.1) is 4.33 Å². The number of halogens is 4. The van der Waals surface area contributed by atoms with Gasteiger partial charge in [0.05, 0.1) is 39.7 Å². The second-order valence-corrected chi connectivity index (χ2v) is 13.9. The van der Waals surface area contributed by atoms with Crippen LogP contribution in [0.4, 0.5) is 17.6 Å². The van der Waals surface area contributed by atoms with Gasteiger partial charge < -0.3 is 4.89 Å². The number of pyridine rings is 2. The van der Waals surface area contributed by atoms with E-state index < -0.39 is 48.3 Å². The normalized spacial score (nSPS) is 11.8. The summed E-state index contributed by atoms with van der Waals surface area (Å²) in [6.45, 7) is 3.60. The molecule has 0 aliphatic rings. The summed E-state index contributed by atoms with van der Waals surface area (Å²) in [5.74, 6) is -3.91. The molecule has 0 aliphatic heterocycles. The Kier molecular flexibility index (Phi) is 9.55. The van der Waals surface area contributed by atoms with E-state index in [0.29, 0.717) is 29.2 Å². The molecule has 0 spiro atoms. The molecule has 0 aliphatic carbocycles. The third-order valence-electron chi connectivity index (χ3n) is 7.74. The van der Waals surface area contributed by atoms with E-state index in [4.69, 9.17) is 9.22 Å². The molecule has 6 aromatic rings. The zero-order chi connectivity index (χ0) is 34.8. The highest BCUT2D eigenvalue weighted by molar-refractivity contribution is 7.94. The highest BCUT2D eigenvalue weighted by Gasteiger charge is 2.31. The fourth-order valence-electron chi connectivity index (χ4n) is 5.06.